The number of ether oxygens (including phenoxy) is 2. The number of benzene rings is 4. The zero-order chi connectivity index (χ0) is 43.2. The minimum atomic E-state index is -0.850. The van der Waals surface area contributed by atoms with Crippen LogP contribution in [0.3, 0.4) is 0 Å². The van der Waals surface area contributed by atoms with E-state index in [1.165, 1.54) is 152 Å². The Balaban J connectivity index is 1.00. The Morgan fingerprint density at radius 1 is 0.419 bits per heavy atom. The third-order valence-electron chi connectivity index (χ3n) is 14.4. The van der Waals surface area contributed by atoms with E-state index in [-0.39, 0.29) is 0 Å². The van der Waals surface area contributed by atoms with E-state index in [1.54, 1.807) is 0 Å². The molecule has 334 valence electrons. The lowest BCUT2D eigenvalue weighted by atomic mass is 9.78. The number of esters is 2. The van der Waals surface area contributed by atoms with Crippen LogP contribution in [0.15, 0.2) is 109 Å². The molecule has 4 aromatic carbocycles. The molecule has 4 heteroatoms. The Labute approximate surface area is 376 Å². The lowest BCUT2D eigenvalue weighted by molar-refractivity contribution is -0.0388. The summed E-state index contributed by atoms with van der Waals surface area (Å²) in [6.07, 6.45) is 30.3. The van der Waals surface area contributed by atoms with Crippen molar-refractivity contribution in [1.82, 2.24) is 0 Å². The highest BCUT2D eigenvalue weighted by atomic mass is 16.6. The van der Waals surface area contributed by atoms with Crippen molar-refractivity contribution >= 4 is 11.9 Å². The Morgan fingerprint density at radius 2 is 0.726 bits per heavy atom. The number of hydrogen-bond donors (Lipinski definition) is 0. The first-order valence-electron chi connectivity index (χ1n) is 25.2. The van der Waals surface area contributed by atoms with Crippen LogP contribution in [0.2, 0.25) is 0 Å². The van der Waals surface area contributed by atoms with E-state index in [9.17, 15) is 9.59 Å². The van der Waals surface area contributed by atoms with Crippen molar-refractivity contribution in [2.45, 2.75) is 180 Å². The molecule has 2 aliphatic rings. The summed E-state index contributed by atoms with van der Waals surface area (Å²) in [6, 6.07) is 35.1. The minimum Gasteiger partial charge on any atom is -0.450 e. The van der Waals surface area contributed by atoms with E-state index in [0.29, 0.717) is 11.1 Å². The van der Waals surface area contributed by atoms with Gasteiger partial charge in [0, 0.05) is 0 Å². The third-order valence-corrected chi connectivity index (χ3v) is 14.4. The predicted molar refractivity (Wildman–Crippen MR) is 256 cm³/mol. The second-order valence-corrected chi connectivity index (χ2v) is 19.1. The first kappa shape index (κ1) is 47.3. The average Bonchev–Trinajstić information content (AvgIpc) is 3.32. The van der Waals surface area contributed by atoms with Crippen LogP contribution in [0.4, 0.5) is 0 Å². The third kappa shape index (κ3) is 15.6. The van der Waals surface area contributed by atoms with E-state index >= 15 is 0 Å². The molecular weight excluding hydrogens is 761 g/mol. The first-order valence-corrected chi connectivity index (χ1v) is 25.2. The summed E-state index contributed by atoms with van der Waals surface area (Å²) in [5.74, 6) is 2.86. The fourth-order valence-electron chi connectivity index (χ4n) is 10.4. The summed E-state index contributed by atoms with van der Waals surface area (Å²) >= 11 is 0. The summed E-state index contributed by atoms with van der Waals surface area (Å²) in [5, 5.41) is 0. The standard InChI is InChI=1S/C58H78O4/c1-3-5-9-19-45-29-33-47(34-30-45)21-15-17-23-49-37-41-53(42-38-49)57(59)61-55(51-25-11-7-12-26-51)56(52-27-13-8-14-28-52)62-58(60)54-43-39-50(40-44-54)24-18-16-22-48-35-31-46(32-36-48)20-10-6-4-2/h7-8,11-14,25-28,37-48,55-56H,3-6,9-10,15-24,29-36H2,1-2H3/t45-,46-,47-,48-,55-,56-/m1/s1. The van der Waals surface area contributed by atoms with Gasteiger partial charge >= 0.3 is 11.9 Å². The van der Waals surface area contributed by atoms with E-state index in [0.717, 1.165) is 47.6 Å². The van der Waals surface area contributed by atoms with Crippen molar-refractivity contribution in [3.63, 3.8) is 0 Å². The van der Waals surface area contributed by atoms with Crippen LogP contribution in [0.5, 0.6) is 0 Å². The Morgan fingerprint density at radius 3 is 1.03 bits per heavy atom. The molecule has 0 saturated heterocycles. The Bertz CT molecular complexity index is 1680. The molecule has 2 saturated carbocycles. The van der Waals surface area contributed by atoms with Gasteiger partial charge in [-0.05, 0) is 95.9 Å². The molecule has 0 spiro atoms. The number of carbonyl (C=O) groups excluding carboxylic acids is 2. The maximum absolute atomic E-state index is 13.9. The van der Waals surface area contributed by atoms with Crippen LogP contribution in [-0.2, 0) is 22.3 Å². The van der Waals surface area contributed by atoms with Crippen LogP contribution >= 0.6 is 0 Å². The summed E-state index contributed by atoms with van der Waals surface area (Å²) in [7, 11) is 0. The zero-order valence-electron chi connectivity index (χ0n) is 38.5. The fraction of sp³-hybridized carbons (Fsp3) is 0.552. The van der Waals surface area contributed by atoms with Gasteiger partial charge in [-0.2, -0.15) is 0 Å². The van der Waals surface area contributed by atoms with Gasteiger partial charge in [-0.3, -0.25) is 0 Å². The van der Waals surface area contributed by atoms with E-state index < -0.39 is 24.1 Å². The van der Waals surface area contributed by atoms with Gasteiger partial charge < -0.3 is 9.47 Å². The number of unbranched alkanes of at least 4 members (excludes halogenated alkanes) is 6. The number of aryl methyl sites for hydroxylation is 2. The van der Waals surface area contributed by atoms with Crippen LogP contribution in [0.1, 0.15) is 210 Å². The normalized spacial score (nSPS) is 20.0. The van der Waals surface area contributed by atoms with E-state index in [4.69, 9.17) is 9.47 Å². The van der Waals surface area contributed by atoms with E-state index in [2.05, 4.69) is 38.1 Å². The van der Waals surface area contributed by atoms with Gasteiger partial charge in [-0.25, -0.2) is 9.59 Å². The molecule has 2 aliphatic carbocycles. The molecule has 0 N–H and O–H groups in total. The second kappa shape index (κ2) is 26.4. The van der Waals surface area contributed by atoms with Gasteiger partial charge in [0.1, 0.15) is 0 Å². The smallest absolute Gasteiger partial charge is 0.338 e. The predicted octanol–water partition coefficient (Wildman–Crippen LogP) is 16.4. The SMILES string of the molecule is CCCCC[C@H]1CC[C@H](CCCCc2ccc(C(=O)O[C@H](c3ccccc3)[C@H](OC(=O)c3ccc(CCCC[C@H]4CC[C@H](CCCCC)CC4)cc3)c3ccccc3)cc2)CC1. The molecule has 6 rings (SSSR count). The van der Waals surface area contributed by atoms with Crippen LogP contribution in [-0.4, -0.2) is 11.9 Å². The molecule has 0 bridgehead atoms. The zero-order valence-corrected chi connectivity index (χ0v) is 38.5. The van der Waals surface area contributed by atoms with Crippen LogP contribution in [0.25, 0.3) is 0 Å². The summed E-state index contributed by atoms with van der Waals surface area (Å²) in [5.41, 5.74) is 4.99. The van der Waals surface area contributed by atoms with Gasteiger partial charge in [0.2, 0.25) is 0 Å². The second-order valence-electron chi connectivity index (χ2n) is 19.1. The largest absolute Gasteiger partial charge is 0.450 e. The average molecular weight is 839 g/mol. The van der Waals surface area contributed by atoms with Gasteiger partial charge in [0.25, 0.3) is 0 Å². The molecule has 4 aromatic rings. The molecule has 4 nitrogen and oxygen atoms in total. The van der Waals surface area contributed by atoms with Gasteiger partial charge in [0.05, 0.1) is 11.1 Å². The molecular formula is C58H78O4. The molecule has 0 aromatic heterocycles. The lowest BCUT2D eigenvalue weighted by Crippen LogP contribution is -2.23. The van der Waals surface area contributed by atoms with Gasteiger partial charge in [0.15, 0.2) is 12.2 Å². The number of carbonyl (C=O) groups is 2. The maximum Gasteiger partial charge on any atom is 0.338 e. The minimum absolute atomic E-state index is 0.438. The van der Waals surface area contributed by atoms with Gasteiger partial charge in [-0.15, -0.1) is 0 Å². The molecule has 0 heterocycles. The Hall–Kier alpha value is -4.18. The summed E-state index contributed by atoms with van der Waals surface area (Å²) in [4.78, 5) is 27.8. The quantitative estimate of drug-likeness (QED) is 0.0493. The monoisotopic (exact) mass is 839 g/mol. The first-order chi connectivity index (χ1) is 30.5. The molecule has 0 aliphatic heterocycles. The molecule has 2 fully saturated rings. The molecule has 0 radical (unpaired) electrons. The maximum atomic E-state index is 13.9. The van der Waals surface area contributed by atoms with Crippen molar-refractivity contribution in [1.29, 1.82) is 0 Å². The fourth-order valence-corrected chi connectivity index (χ4v) is 10.4. The van der Waals surface area contributed by atoms with Gasteiger partial charge in [-0.1, -0.05) is 227 Å². The Kier molecular flexibility index (Phi) is 20.2. The topological polar surface area (TPSA) is 52.6 Å². The van der Waals surface area contributed by atoms with E-state index in [1.807, 2.05) is 84.9 Å². The highest BCUT2D eigenvalue weighted by molar-refractivity contribution is 5.90. The van der Waals surface area contributed by atoms with Crippen LogP contribution < -0.4 is 0 Å². The summed E-state index contributed by atoms with van der Waals surface area (Å²) < 4.78 is 12.7. The van der Waals surface area contributed by atoms with Crippen molar-refractivity contribution < 1.29 is 19.1 Å². The number of hydrogen-bond acceptors (Lipinski definition) is 4. The van der Waals surface area contributed by atoms with Crippen molar-refractivity contribution in [3.8, 4) is 0 Å². The molecule has 0 amide bonds. The highest BCUT2D eigenvalue weighted by Gasteiger charge is 2.33. The summed E-state index contributed by atoms with van der Waals surface area (Å²) in [6.45, 7) is 4.59. The molecule has 0 unspecified atom stereocenters. The molecule has 2 atom stereocenters. The van der Waals surface area contributed by atoms with Crippen molar-refractivity contribution in [2.75, 3.05) is 0 Å². The van der Waals surface area contributed by atoms with Crippen LogP contribution in [0, 0.1) is 23.7 Å². The highest BCUT2D eigenvalue weighted by Crippen LogP contribution is 2.38. The van der Waals surface area contributed by atoms with Crippen molar-refractivity contribution in [3.05, 3.63) is 143 Å². The number of rotatable bonds is 25. The molecule has 62 heavy (non-hydrogen) atoms. The van der Waals surface area contributed by atoms with Crippen molar-refractivity contribution in [2.24, 2.45) is 23.7 Å². The lowest BCUT2D eigenvalue weighted by Gasteiger charge is -2.28.